The van der Waals surface area contributed by atoms with E-state index in [4.69, 9.17) is 58.0 Å². The topological polar surface area (TPSA) is 74.8 Å². The van der Waals surface area contributed by atoms with Crippen LogP contribution in [0.5, 0.6) is 0 Å². The van der Waals surface area contributed by atoms with E-state index in [-0.39, 0.29) is 42.3 Å². The van der Waals surface area contributed by atoms with Gasteiger partial charge in [0.25, 0.3) is 17.7 Å². The van der Waals surface area contributed by atoms with Crippen molar-refractivity contribution in [1.82, 2.24) is 10.0 Å². The normalized spacial score (nSPS) is 13.6. The lowest BCUT2D eigenvalue weighted by Crippen LogP contribution is -2.56. The predicted molar refractivity (Wildman–Crippen MR) is 135 cm³/mol. The number of hydrazine groups is 1. The first kappa shape index (κ1) is 25.5. The lowest BCUT2D eigenvalue weighted by atomic mass is 10.0. The van der Waals surface area contributed by atoms with Gasteiger partial charge in [0.05, 0.1) is 31.2 Å². The van der Waals surface area contributed by atoms with E-state index in [2.05, 4.69) is 0 Å². The van der Waals surface area contributed by atoms with E-state index in [1.54, 1.807) is 30.3 Å². The highest BCUT2D eigenvalue weighted by Gasteiger charge is 2.48. The number of nitrogens with zero attached hydrogens (tertiary/aromatic N) is 2. The Morgan fingerprint density at radius 3 is 1.69 bits per heavy atom. The fourth-order valence-corrected chi connectivity index (χ4v) is 4.79. The quantitative estimate of drug-likeness (QED) is 0.145. The van der Waals surface area contributed by atoms with Gasteiger partial charge in [-0.2, -0.15) is 5.01 Å². The van der Waals surface area contributed by atoms with Gasteiger partial charge in [0.2, 0.25) is 0 Å². The first-order chi connectivity index (χ1) is 16.6. The van der Waals surface area contributed by atoms with Crippen molar-refractivity contribution < 1.29 is 19.2 Å². The second kappa shape index (κ2) is 9.80. The molecule has 0 saturated heterocycles. The van der Waals surface area contributed by atoms with Gasteiger partial charge in [-0.15, -0.1) is 0 Å². The molecule has 6 nitrogen and oxygen atoms in total. The minimum atomic E-state index is -1.29. The van der Waals surface area contributed by atoms with Crippen molar-refractivity contribution in [3.05, 3.63) is 102 Å². The smallest absolute Gasteiger partial charge is 0.282 e. The van der Waals surface area contributed by atoms with E-state index in [1.165, 1.54) is 31.2 Å². The number of fused-ring (bicyclic) bond motifs is 1. The third-order valence-corrected chi connectivity index (χ3v) is 7.45. The van der Waals surface area contributed by atoms with Crippen molar-refractivity contribution in [3.63, 3.8) is 0 Å². The average molecular weight is 571 g/mol. The third kappa shape index (κ3) is 4.30. The molecule has 1 heterocycles. The maximum absolute atomic E-state index is 13.6. The molecule has 1 aliphatic rings. The van der Waals surface area contributed by atoms with E-state index in [1.807, 2.05) is 0 Å². The monoisotopic (exact) mass is 568 g/mol. The Labute approximate surface area is 224 Å². The van der Waals surface area contributed by atoms with Crippen molar-refractivity contribution in [3.8, 4) is 0 Å². The lowest BCUT2D eigenvalue weighted by molar-refractivity contribution is -0.00679. The van der Waals surface area contributed by atoms with Gasteiger partial charge in [-0.3, -0.25) is 19.2 Å². The van der Waals surface area contributed by atoms with Crippen molar-refractivity contribution in [2.75, 3.05) is 0 Å². The van der Waals surface area contributed by atoms with Gasteiger partial charge in [0.1, 0.15) is 6.04 Å². The minimum Gasteiger partial charge on any atom is -0.292 e. The summed E-state index contributed by atoms with van der Waals surface area (Å²) in [6.07, 6.45) is 0. The summed E-state index contributed by atoms with van der Waals surface area (Å²) in [5, 5.41) is 0.656. The van der Waals surface area contributed by atoms with Crippen LogP contribution in [0.3, 0.4) is 0 Å². The van der Waals surface area contributed by atoms with Gasteiger partial charge in [-0.1, -0.05) is 88.3 Å². The second-order valence-corrected chi connectivity index (χ2v) is 9.44. The Morgan fingerprint density at radius 2 is 1.20 bits per heavy atom. The molecule has 0 aliphatic carbocycles. The third-order valence-electron chi connectivity index (χ3n) is 5.40. The summed E-state index contributed by atoms with van der Waals surface area (Å²) < 4.78 is 0. The fraction of sp³-hybridized carbons (Fsp3) is 0.0833. The molecule has 3 aromatic rings. The van der Waals surface area contributed by atoms with Gasteiger partial charge >= 0.3 is 0 Å². The molecular formula is C24H13Cl5N2O4. The summed E-state index contributed by atoms with van der Waals surface area (Å²) in [5.41, 5.74) is -0.284. The standard InChI is InChI=1S/C24H13Cl5N2O4/c1-11(21(32)12-5-3-2-4-6-12)30(22(33)13-7-9-14(25)10-8-13)31-23(34)15-16(24(31)35)18(27)20(29)19(28)17(15)26/h2-11H,1H3/t11-/m1/s1. The van der Waals surface area contributed by atoms with E-state index in [0.717, 1.165) is 5.01 Å². The zero-order valence-corrected chi connectivity index (χ0v) is 21.5. The number of Topliss-reactive ketones (excluding diaryl/α,β-unsaturated/α-hetero) is 1. The van der Waals surface area contributed by atoms with Crippen LogP contribution in [0.15, 0.2) is 54.6 Å². The maximum atomic E-state index is 13.6. The van der Waals surface area contributed by atoms with Crippen molar-refractivity contribution in [1.29, 1.82) is 0 Å². The first-order valence-corrected chi connectivity index (χ1v) is 11.9. The average Bonchev–Trinajstić information content (AvgIpc) is 3.12. The van der Waals surface area contributed by atoms with E-state index >= 15 is 0 Å². The SMILES string of the molecule is C[C@H](C(=O)c1ccccc1)N(C(=O)c1ccc(Cl)cc1)N1C(=O)c2c(Cl)c(Cl)c(Cl)c(Cl)c2C1=O. The predicted octanol–water partition coefficient (Wildman–Crippen LogP) is 6.88. The van der Waals surface area contributed by atoms with Crippen molar-refractivity contribution in [2.45, 2.75) is 13.0 Å². The molecule has 0 fully saturated rings. The van der Waals surface area contributed by atoms with Crippen molar-refractivity contribution >= 4 is 81.5 Å². The molecular weight excluding hydrogens is 558 g/mol. The van der Waals surface area contributed by atoms with Crippen LogP contribution in [0.1, 0.15) is 48.4 Å². The molecule has 0 bridgehead atoms. The highest BCUT2D eigenvalue weighted by atomic mass is 35.5. The summed E-state index contributed by atoms with van der Waals surface area (Å²) in [6.45, 7) is 1.40. The fourth-order valence-electron chi connectivity index (χ4n) is 3.65. The zero-order chi connectivity index (χ0) is 25.6. The van der Waals surface area contributed by atoms with Gasteiger partial charge in [0, 0.05) is 16.1 Å². The van der Waals surface area contributed by atoms with Gasteiger partial charge in [-0.05, 0) is 31.2 Å². The number of hydrogen-bond donors (Lipinski definition) is 0. The summed E-state index contributed by atoms with van der Waals surface area (Å²) in [5.74, 6) is -3.29. The zero-order valence-electron chi connectivity index (χ0n) is 17.7. The van der Waals surface area contributed by atoms with Crippen LogP contribution in [0.2, 0.25) is 25.1 Å². The minimum absolute atomic E-state index is 0.0759. The van der Waals surface area contributed by atoms with Crippen LogP contribution in [0.25, 0.3) is 0 Å². The Hall–Kier alpha value is -2.61. The molecule has 3 amide bonds. The summed E-state index contributed by atoms with van der Waals surface area (Å²) in [6, 6.07) is 12.6. The summed E-state index contributed by atoms with van der Waals surface area (Å²) in [4.78, 5) is 53.9. The van der Waals surface area contributed by atoms with Gasteiger partial charge in [-0.25, -0.2) is 5.01 Å². The van der Waals surface area contributed by atoms with Crippen LogP contribution in [0, 0.1) is 0 Å². The summed E-state index contributed by atoms with van der Waals surface area (Å²) >= 11 is 30.6. The van der Waals surface area contributed by atoms with Crippen LogP contribution in [0.4, 0.5) is 0 Å². The van der Waals surface area contributed by atoms with Crippen LogP contribution < -0.4 is 0 Å². The number of rotatable bonds is 5. The molecule has 1 aliphatic heterocycles. The number of amides is 3. The van der Waals surface area contributed by atoms with Crippen molar-refractivity contribution in [2.24, 2.45) is 0 Å². The second-order valence-electron chi connectivity index (χ2n) is 7.49. The van der Waals surface area contributed by atoms with Crippen LogP contribution >= 0.6 is 58.0 Å². The largest absolute Gasteiger partial charge is 0.292 e. The number of halogens is 5. The van der Waals surface area contributed by atoms with Crippen LogP contribution in [-0.4, -0.2) is 39.6 Å². The number of benzene rings is 3. The molecule has 0 spiro atoms. The molecule has 35 heavy (non-hydrogen) atoms. The summed E-state index contributed by atoms with van der Waals surface area (Å²) in [7, 11) is 0. The Bertz CT molecular complexity index is 1350. The molecule has 0 unspecified atom stereocenters. The molecule has 1 atom stereocenters. The Morgan fingerprint density at radius 1 is 0.714 bits per heavy atom. The van der Waals surface area contributed by atoms with Gasteiger partial charge in [0.15, 0.2) is 5.78 Å². The molecule has 4 rings (SSSR count). The number of hydrogen-bond acceptors (Lipinski definition) is 4. The van der Waals surface area contributed by atoms with E-state index in [0.29, 0.717) is 10.0 Å². The molecule has 0 radical (unpaired) electrons. The number of ketones is 1. The molecule has 0 saturated carbocycles. The van der Waals surface area contributed by atoms with E-state index < -0.39 is 29.5 Å². The first-order valence-electron chi connectivity index (χ1n) is 9.99. The molecule has 3 aromatic carbocycles. The van der Waals surface area contributed by atoms with Gasteiger partial charge < -0.3 is 0 Å². The van der Waals surface area contributed by atoms with E-state index in [9.17, 15) is 19.2 Å². The highest BCUT2D eigenvalue weighted by Crippen LogP contribution is 2.45. The molecule has 0 aromatic heterocycles. The highest BCUT2D eigenvalue weighted by molar-refractivity contribution is 6.55. The molecule has 0 N–H and O–H groups in total. The Balaban J connectivity index is 1.87. The lowest BCUT2D eigenvalue weighted by Gasteiger charge is -2.34. The molecule has 178 valence electrons. The number of imide groups is 1. The van der Waals surface area contributed by atoms with Crippen LogP contribution in [-0.2, 0) is 0 Å². The molecule has 11 heteroatoms. The maximum Gasteiger partial charge on any atom is 0.282 e. The Kier molecular flexibility index (Phi) is 7.13. The number of carbonyl (C=O) groups excluding carboxylic acids is 4. The number of carbonyl (C=O) groups is 4.